The third-order valence-electron chi connectivity index (χ3n) is 4.27. The zero-order valence-corrected chi connectivity index (χ0v) is 16.0. The summed E-state index contributed by atoms with van der Waals surface area (Å²) in [5.74, 6) is -1.52. The van der Waals surface area contributed by atoms with Crippen molar-refractivity contribution in [1.29, 1.82) is 0 Å². The number of benzene rings is 1. The molecular weight excluding hydrogens is 409 g/mol. The number of hydrogen-bond donors (Lipinski definition) is 0. The number of halogens is 2. The average Bonchev–Trinajstić information content (AvgIpc) is 2.93. The summed E-state index contributed by atoms with van der Waals surface area (Å²) >= 11 is 12.1. The molecule has 0 radical (unpaired) electrons. The first-order chi connectivity index (χ1) is 13.0. The Kier molecular flexibility index (Phi) is 4.75. The molecule has 2 unspecified atom stereocenters. The molecule has 1 aromatic carbocycles. The van der Waals surface area contributed by atoms with E-state index < -0.39 is 17.6 Å². The number of amides is 1. The Morgan fingerprint density at radius 1 is 1.26 bits per heavy atom. The summed E-state index contributed by atoms with van der Waals surface area (Å²) in [5, 5.41) is -0.104. The molecule has 8 heteroatoms. The van der Waals surface area contributed by atoms with E-state index in [0.717, 1.165) is 11.8 Å². The van der Waals surface area contributed by atoms with E-state index in [9.17, 15) is 14.0 Å². The Morgan fingerprint density at radius 2 is 2.04 bits per heavy atom. The van der Waals surface area contributed by atoms with Gasteiger partial charge in [-0.05, 0) is 30.4 Å². The standard InChI is InChI=1S/C19H11ClFNO3S2/c20-13-8-11(5-6-14(13)21)22-18(24)16(27-19(22)26)7-10-9-25-15-4-2-1-3-12(15)17(10)23/h1-9,12,15H/b16-7+. The Hall–Kier alpha value is -2.22. The summed E-state index contributed by atoms with van der Waals surface area (Å²) < 4.78 is 19.3. The zero-order valence-electron chi connectivity index (χ0n) is 13.6. The molecule has 3 aliphatic rings. The second-order valence-electron chi connectivity index (χ2n) is 5.95. The lowest BCUT2D eigenvalue weighted by Gasteiger charge is -2.27. The number of Topliss-reactive ketones (excluding diaryl/α,β-unsaturated/α-hetero) is 1. The maximum atomic E-state index is 13.4. The van der Waals surface area contributed by atoms with Crippen LogP contribution in [-0.4, -0.2) is 22.1 Å². The number of thiocarbonyl (C=S) groups is 1. The molecule has 4 nitrogen and oxygen atoms in total. The highest BCUT2D eigenvalue weighted by Crippen LogP contribution is 2.37. The average molecular weight is 420 g/mol. The van der Waals surface area contributed by atoms with Gasteiger partial charge in [0.1, 0.15) is 11.9 Å². The quantitative estimate of drug-likeness (QED) is 0.527. The van der Waals surface area contributed by atoms with E-state index in [1.165, 1.54) is 35.4 Å². The summed E-state index contributed by atoms with van der Waals surface area (Å²) in [4.78, 5) is 27.0. The predicted molar refractivity (Wildman–Crippen MR) is 107 cm³/mol. The number of thioether (sulfide) groups is 1. The Balaban J connectivity index is 1.62. The van der Waals surface area contributed by atoms with E-state index in [1.807, 2.05) is 12.2 Å². The van der Waals surface area contributed by atoms with Crippen LogP contribution in [-0.2, 0) is 14.3 Å². The van der Waals surface area contributed by atoms with Gasteiger partial charge >= 0.3 is 0 Å². The largest absolute Gasteiger partial charge is 0.492 e. The molecule has 1 fully saturated rings. The molecule has 27 heavy (non-hydrogen) atoms. The van der Waals surface area contributed by atoms with Gasteiger partial charge in [-0.25, -0.2) is 4.39 Å². The monoisotopic (exact) mass is 419 g/mol. The lowest BCUT2D eigenvalue weighted by Crippen LogP contribution is -2.32. The number of ketones is 1. The molecule has 0 spiro atoms. The summed E-state index contributed by atoms with van der Waals surface area (Å²) in [6, 6.07) is 3.93. The van der Waals surface area contributed by atoms with Gasteiger partial charge in [0.05, 0.1) is 33.4 Å². The molecule has 0 aromatic heterocycles. The lowest BCUT2D eigenvalue weighted by molar-refractivity contribution is -0.121. The summed E-state index contributed by atoms with van der Waals surface area (Å²) in [5.41, 5.74) is 0.668. The van der Waals surface area contributed by atoms with Crippen molar-refractivity contribution in [2.24, 2.45) is 5.92 Å². The molecule has 0 bridgehead atoms. The molecule has 2 atom stereocenters. The minimum Gasteiger partial charge on any atom is -0.492 e. The number of hydrogen-bond acceptors (Lipinski definition) is 5. The van der Waals surface area contributed by atoms with Gasteiger partial charge in [-0.1, -0.05) is 53.8 Å². The highest BCUT2D eigenvalue weighted by molar-refractivity contribution is 8.27. The molecule has 1 aliphatic carbocycles. The summed E-state index contributed by atoms with van der Waals surface area (Å²) in [6.45, 7) is 0. The van der Waals surface area contributed by atoms with Crippen LogP contribution in [0.25, 0.3) is 0 Å². The second-order valence-corrected chi connectivity index (χ2v) is 8.03. The molecule has 0 N–H and O–H groups in total. The fourth-order valence-corrected chi connectivity index (χ4v) is 4.38. The van der Waals surface area contributed by atoms with Crippen molar-refractivity contribution in [2.45, 2.75) is 6.10 Å². The number of nitrogens with zero attached hydrogens (tertiary/aromatic N) is 1. The van der Waals surface area contributed by atoms with Crippen molar-refractivity contribution in [3.63, 3.8) is 0 Å². The molecule has 1 aromatic rings. The van der Waals surface area contributed by atoms with Gasteiger partial charge < -0.3 is 4.74 Å². The number of fused-ring (bicyclic) bond motifs is 1. The fourth-order valence-electron chi connectivity index (χ4n) is 2.92. The van der Waals surface area contributed by atoms with Gasteiger partial charge in [-0.2, -0.15) is 0 Å². The molecule has 1 amide bonds. The van der Waals surface area contributed by atoms with Crippen molar-refractivity contribution in [2.75, 3.05) is 4.90 Å². The van der Waals surface area contributed by atoms with E-state index in [2.05, 4.69) is 0 Å². The van der Waals surface area contributed by atoms with Crippen LogP contribution in [0.4, 0.5) is 10.1 Å². The van der Waals surface area contributed by atoms with Crippen LogP contribution in [0.1, 0.15) is 0 Å². The minimum atomic E-state index is -0.583. The maximum Gasteiger partial charge on any atom is 0.270 e. The van der Waals surface area contributed by atoms with Crippen molar-refractivity contribution in [1.82, 2.24) is 0 Å². The molecule has 2 heterocycles. The molecule has 4 rings (SSSR count). The van der Waals surface area contributed by atoms with Crippen LogP contribution in [0.3, 0.4) is 0 Å². The molecule has 136 valence electrons. The third-order valence-corrected chi connectivity index (χ3v) is 5.86. The third kappa shape index (κ3) is 3.26. The smallest absolute Gasteiger partial charge is 0.270 e. The fraction of sp³-hybridized carbons (Fsp3) is 0.105. The van der Waals surface area contributed by atoms with E-state index >= 15 is 0 Å². The number of anilines is 1. The van der Waals surface area contributed by atoms with Crippen LogP contribution >= 0.6 is 35.6 Å². The van der Waals surface area contributed by atoms with Gasteiger partial charge in [-0.15, -0.1) is 0 Å². The first-order valence-electron chi connectivity index (χ1n) is 7.93. The van der Waals surface area contributed by atoms with E-state index in [1.54, 1.807) is 12.2 Å². The van der Waals surface area contributed by atoms with E-state index in [4.69, 9.17) is 28.6 Å². The van der Waals surface area contributed by atoms with Crippen molar-refractivity contribution in [3.05, 3.63) is 76.2 Å². The highest BCUT2D eigenvalue weighted by atomic mass is 35.5. The van der Waals surface area contributed by atoms with Crippen molar-refractivity contribution >= 4 is 57.3 Å². The van der Waals surface area contributed by atoms with Gasteiger partial charge in [0.2, 0.25) is 0 Å². The van der Waals surface area contributed by atoms with Gasteiger partial charge in [0.15, 0.2) is 10.1 Å². The van der Waals surface area contributed by atoms with Crippen molar-refractivity contribution in [3.8, 4) is 0 Å². The number of ether oxygens (including phenoxy) is 1. The first kappa shape index (κ1) is 18.2. The maximum absolute atomic E-state index is 13.4. The highest BCUT2D eigenvalue weighted by Gasteiger charge is 2.37. The molecular formula is C19H11ClFNO3S2. The number of allylic oxidation sites excluding steroid dienone is 4. The number of carbonyl (C=O) groups is 2. The van der Waals surface area contributed by atoms with Crippen LogP contribution in [0.2, 0.25) is 5.02 Å². The number of carbonyl (C=O) groups excluding carboxylic acids is 2. The van der Waals surface area contributed by atoms with Crippen LogP contribution in [0, 0.1) is 11.7 Å². The SMILES string of the molecule is O=C1C(/C=C2/SC(=S)N(c3ccc(F)c(Cl)c3)C2=O)=COC2C=CC=CC12. The van der Waals surface area contributed by atoms with Crippen LogP contribution < -0.4 is 4.90 Å². The molecule has 0 saturated carbocycles. The van der Waals surface area contributed by atoms with E-state index in [0.29, 0.717) is 11.3 Å². The summed E-state index contributed by atoms with van der Waals surface area (Å²) in [7, 11) is 0. The molecule has 2 aliphatic heterocycles. The first-order valence-corrected chi connectivity index (χ1v) is 9.54. The Morgan fingerprint density at radius 3 is 2.81 bits per heavy atom. The Labute approximate surface area is 169 Å². The van der Waals surface area contributed by atoms with Gasteiger partial charge in [0.25, 0.3) is 5.91 Å². The van der Waals surface area contributed by atoms with Gasteiger partial charge in [0, 0.05) is 0 Å². The van der Waals surface area contributed by atoms with Gasteiger partial charge in [-0.3, -0.25) is 14.5 Å². The topological polar surface area (TPSA) is 46.6 Å². The second kappa shape index (κ2) is 7.07. The minimum absolute atomic E-state index is 0.104. The zero-order chi connectivity index (χ0) is 19.1. The normalized spacial score (nSPS) is 25.7. The molecule has 1 saturated heterocycles. The predicted octanol–water partition coefficient (Wildman–Crippen LogP) is 4.32. The van der Waals surface area contributed by atoms with Crippen LogP contribution in [0.15, 0.2) is 65.3 Å². The number of rotatable bonds is 2. The van der Waals surface area contributed by atoms with Crippen molar-refractivity contribution < 1.29 is 18.7 Å². The lowest BCUT2D eigenvalue weighted by atomic mass is 9.88. The summed E-state index contributed by atoms with van der Waals surface area (Å²) in [6.07, 6.45) is 9.74. The Bertz CT molecular complexity index is 999. The van der Waals surface area contributed by atoms with Crippen LogP contribution in [0.5, 0.6) is 0 Å². The van der Waals surface area contributed by atoms with E-state index in [-0.39, 0.29) is 26.1 Å².